The summed E-state index contributed by atoms with van der Waals surface area (Å²) in [7, 11) is 0. The zero-order valence-corrected chi connectivity index (χ0v) is 21.3. The number of aliphatic hydroxyl groups excluding tert-OH is 3. The Morgan fingerprint density at radius 1 is 1.24 bits per heavy atom. The van der Waals surface area contributed by atoms with Gasteiger partial charge in [0.15, 0.2) is 6.23 Å². The third kappa shape index (κ3) is 6.40. The summed E-state index contributed by atoms with van der Waals surface area (Å²) in [5.41, 5.74) is 6.34. The molecule has 4 atom stereocenters. The summed E-state index contributed by atoms with van der Waals surface area (Å²) in [6, 6.07) is 5.04. The van der Waals surface area contributed by atoms with Crippen LogP contribution in [0.15, 0.2) is 29.2 Å². The van der Waals surface area contributed by atoms with Gasteiger partial charge in [-0.15, -0.1) is 0 Å². The summed E-state index contributed by atoms with van der Waals surface area (Å²) >= 11 is 0. The first-order valence-electron chi connectivity index (χ1n) is 11.9. The molecule has 1 aromatic carbocycles. The van der Waals surface area contributed by atoms with Crippen LogP contribution in [-0.2, 0) is 19.7 Å². The summed E-state index contributed by atoms with van der Waals surface area (Å²) in [6.07, 6.45) is -3.77. The van der Waals surface area contributed by atoms with E-state index in [1.807, 2.05) is 33.8 Å². The maximum atomic E-state index is 12.9. The Kier molecular flexibility index (Phi) is 8.82. The molecular formula is C25H34N4O8. The van der Waals surface area contributed by atoms with Gasteiger partial charge in [0.1, 0.15) is 29.9 Å². The Morgan fingerprint density at radius 2 is 1.95 bits per heavy atom. The molecule has 12 heteroatoms. The minimum atomic E-state index is -1.44. The van der Waals surface area contributed by atoms with Crippen LogP contribution in [0.3, 0.4) is 0 Å². The van der Waals surface area contributed by atoms with Crippen molar-refractivity contribution in [3.63, 3.8) is 0 Å². The molecule has 0 bridgehead atoms. The molecule has 1 aromatic heterocycles. The molecule has 202 valence electrons. The van der Waals surface area contributed by atoms with Crippen LogP contribution in [0.2, 0.25) is 0 Å². The lowest BCUT2D eigenvalue weighted by Gasteiger charge is -2.29. The number of nitrogens with zero attached hydrogens (tertiary/aromatic N) is 2. The van der Waals surface area contributed by atoms with E-state index in [-0.39, 0.29) is 25.2 Å². The predicted molar refractivity (Wildman–Crippen MR) is 133 cm³/mol. The van der Waals surface area contributed by atoms with Gasteiger partial charge in [-0.1, -0.05) is 19.9 Å². The van der Waals surface area contributed by atoms with Crippen LogP contribution in [0.25, 0.3) is 0 Å². The number of hydrogen-bond acceptors (Lipinski definition) is 10. The van der Waals surface area contributed by atoms with Crippen LogP contribution in [0.4, 0.5) is 5.82 Å². The lowest BCUT2D eigenvalue weighted by atomic mass is 9.78. The summed E-state index contributed by atoms with van der Waals surface area (Å²) in [6.45, 7) is 7.07. The molecule has 6 N–H and O–H groups in total. The monoisotopic (exact) mass is 518 g/mol. The second-order valence-electron chi connectivity index (χ2n) is 9.81. The van der Waals surface area contributed by atoms with E-state index in [1.54, 1.807) is 6.07 Å². The number of nitrogens with two attached hydrogens (primary N) is 1. The molecule has 1 fully saturated rings. The fraction of sp³-hybridized carbons (Fsp3) is 0.520. The van der Waals surface area contributed by atoms with Crippen LogP contribution in [-0.4, -0.2) is 68.2 Å². The zero-order chi connectivity index (χ0) is 27.5. The van der Waals surface area contributed by atoms with Gasteiger partial charge in [0, 0.05) is 30.1 Å². The van der Waals surface area contributed by atoms with Crippen molar-refractivity contribution in [2.75, 3.05) is 18.5 Å². The Hall–Kier alpha value is -3.16. The van der Waals surface area contributed by atoms with Crippen molar-refractivity contribution in [1.82, 2.24) is 9.55 Å². The quantitative estimate of drug-likeness (QED) is 0.224. The predicted octanol–water partition coefficient (Wildman–Crippen LogP) is 0.0322. The molecule has 2 heterocycles. The third-order valence-electron chi connectivity index (χ3n) is 6.18. The highest BCUT2D eigenvalue weighted by Crippen LogP contribution is 2.38. The summed E-state index contributed by atoms with van der Waals surface area (Å²) < 4.78 is 11.9. The standard InChI is InChI=1S/C25H34N4O8/c1-13-9-14(2)20(15(10-13)36-19(32)5-7-26)25(3,4)11-18(31)27-17-6-8-29(24(35)28-17)23-22(34)21(33)16(12-30)37-23/h6,8-10,16,21-23,30,33-34H,5,7,11-12,26H2,1-4H3,(H,27,28,31,35)/t16-,21-,22+,23-/m1/s1. The number of carbonyl (C=O) groups excluding carboxylic acids is 2. The van der Waals surface area contributed by atoms with Gasteiger partial charge in [0.2, 0.25) is 5.91 Å². The maximum Gasteiger partial charge on any atom is 0.351 e. The van der Waals surface area contributed by atoms with Crippen molar-refractivity contribution in [3.05, 3.63) is 51.6 Å². The van der Waals surface area contributed by atoms with Crippen LogP contribution in [0.5, 0.6) is 5.75 Å². The molecule has 0 aliphatic carbocycles. The van der Waals surface area contributed by atoms with E-state index in [0.29, 0.717) is 11.3 Å². The van der Waals surface area contributed by atoms with Crippen molar-refractivity contribution in [3.8, 4) is 5.75 Å². The molecule has 0 saturated carbocycles. The third-order valence-corrected chi connectivity index (χ3v) is 6.18. The lowest BCUT2D eigenvalue weighted by Crippen LogP contribution is -2.36. The molecule has 12 nitrogen and oxygen atoms in total. The highest BCUT2D eigenvalue weighted by molar-refractivity contribution is 5.90. The van der Waals surface area contributed by atoms with Gasteiger partial charge in [-0.3, -0.25) is 14.2 Å². The molecule has 1 amide bonds. The van der Waals surface area contributed by atoms with Crippen molar-refractivity contribution < 1.29 is 34.4 Å². The molecular weight excluding hydrogens is 484 g/mol. The van der Waals surface area contributed by atoms with E-state index in [4.69, 9.17) is 15.2 Å². The van der Waals surface area contributed by atoms with E-state index in [2.05, 4.69) is 10.3 Å². The van der Waals surface area contributed by atoms with Gasteiger partial charge in [-0.2, -0.15) is 4.98 Å². The molecule has 0 unspecified atom stereocenters. The number of amides is 1. The number of aryl methyl sites for hydroxylation is 2. The number of benzene rings is 1. The second kappa shape index (κ2) is 11.5. The van der Waals surface area contributed by atoms with Gasteiger partial charge in [0.25, 0.3) is 0 Å². The fourth-order valence-electron chi connectivity index (χ4n) is 4.63. The van der Waals surface area contributed by atoms with Crippen LogP contribution in [0, 0.1) is 13.8 Å². The van der Waals surface area contributed by atoms with Crippen molar-refractivity contribution in [1.29, 1.82) is 0 Å². The number of ether oxygens (including phenoxy) is 2. The van der Waals surface area contributed by atoms with Crippen molar-refractivity contribution in [2.45, 2.75) is 70.5 Å². The fourth-order valence-corrected chi connectivity index (χ4v) is 4.63. The first-order valence-corrected chi connectivity index (χ1v) is 11.9. The Labute approximate surface area is 214 Å². The Morgan fingerprint density at radius 3 is 2.54 bits per heavy atom. The van der Waals surface area contributed by atoms with Gasteiger partial charge in [-0.05, 0) is 37.1 Å². The van der Waals surface area contributed by atoms with Gasteiger partial charge < -0.3 is 35.8 Å². The molecule has 2 aromatic rings. The van der Waals surface area contributed by atoms with Crippen molar-refractivity contribution in [2.24, 2.45) is 5.73 Å². The number of nitrogens with one attached hydrogen (secondary N) is 1. The summed E-state index contributed by atoms with van der Waals surface area (Å²) in [5, 5.41) is 31.9. The number of aromatic nitrogens is 2. The molecule has 37 heavy (non-hydrogen) atoms. The molecule has 1 aliphatic rings. The second-order valence-corrected chi connectivity index (χ2v) is 9.81. The zero-order valence-electron chi connectivity index (χ0n) is 21.3. The summed E-state index contributed by atoms with van der Waals surface area (Å²) in [5.74, 6) is -0.535. The topological polar surface area (TPSA) is 186 Å². The minimum Gasteiger partial charge on any atom is -0.426 e. The highest BCUT2D eigenvalue weighted by Gasteiger charge is 2.43. The molecule has 0 radical (unpaired) electrons. The van der Waals surface area contributed by atoms with Gasteiger partial charge >= 0.3 is 11.7 Å². The summed E-state index contributed by atoms with van der Waals surface area (Å²) in [4.78, 5) is 41.5. The van der Waals surface area contributed by atoms with Crippen molar-refractivity contribution >= 4 is 17.7 Å². The number of aliphatic hydroxyl groups is 3. The Bertz CT molecular complexity index is 1210. The van der Waals surface area contributed by atoms with E-state index in [1.165, 1.54) is 12.3 Å². The van der Waals surface area contributed by atoms with Crippen LogP contribution in [0.1, 0.15) is 49.6 Å². The SMILES string of the molecule is Cc1cc(C)c(C(C)(C)CC(=O)Nc2ccn([C@@H]3O[C@H](CO)[C@@H](O)[C@@H]3O)c(=O)n2)c(OC(=O)CCN)c1. The highest BCUT2D eigenvalue weighted by atomic mass is 16.6. The molecule has 1 saturated heterocycles. The smallest absolute Gasteiger partial charge is 0.351 e. The van der Waals surface area contributed by atoms with Gasteiger partial charge in [0.05, 0.1) is 13.0 Å². The first-order chi connectivity index (χ1) is 17.4. The Balaban J connectivity index is 1.77. The average molecular weight is 519 g/mol. The lowest BCUT2D eigenvalue weighted by molar-refractivity contribution is -0.134. The minimum absolute atomic E-state index is 0.0102. The van der Waals surface area contributed by atoms with E-state index in [0.717, 1.165) is 15.7 Å². The molecule has 3 rings (SSSR count). The first kappa shape index (κ1) is 28.4. The number of carbonyl (C=O) groups is 2. The maximum absolute atomic E-state index is 12.9. The van der Waals surface area contributed by atoms with Gasteiger partial charge in [-0.25, -0.2) is 4.79 Å². The molecule has 0 spiro atoms. The molecule has 1 aliphatic heterocycles. The number of rotatable bonds is 9. The van der Waals surface area contributed by atoms with E-state index >= 15 is 0 Å². The average Bonchev–Trinajstić information content (AvgIpc) is 3.06. The normalized spacial score (nSPS) is 21.6. The van der Waals surface area contributed by atoms with E-state index in [9.17, 15) is 29.7 Å². The van der Waals surface area contributed by atoms with Crippen LogP contribution >= 0.6 is 0 Å². The number of anilines is 1. The van der Waals surface area contributed by atoms with Crippen LogP contribution < -0.4 is 21.5 Å². The number of hydrogen-bond donors (Lipinski definition) is 5. The van der Waals surface area contributed by atoms with E-state index < -0.39 is 54.1 Å². The largest absolute Gasteiger partial charge is 0.426 e. The number of esters is 1.